The minimum absolute atomic E-state index is 0.0300. The van der Waals surface area contributed by atoms with Crippen LogP contribution in [0.2, 0.25) is 0 Å². The Kier molecular flexibility index (Phi) is 2.55. The van der Waals surface area contributed by atoms with Crippen LogP contribution in [0.25, 0.3) is 0 Å². The maximum absolute atomic E-state index is 12.6. The van der Waals surface area contributed by atoms with Crippen molar-refractivity contribution in [2.45, 2.75) is 24.4 Å². The van der Waals surface area contributed by atoms with Crippen LogP contribution in [-0.2, 0) is 16.3 Å². The van der Waals surface area contributed by atoms with E-state index in [1.807, 2.05) is 0 Å². The van der Waals surface area contributed by atoms with Gasteiger partial charge in [0, 0.05) is 30.9 Å². The quantitative estimate of drug-likeness (QED) is 0.770. The fourth-order valence-electron chi connectivity index (χ4n) is 2.90. The first-order valence-electron chi connectivity index (χ1n) is 6.05. The maximum atomic E-state index is 12.6. The molecule has 2 aliphatic rings. The number of fused-ring (bicyclic) bond motifs is 2. The van der Waals surface area contributed by atoms with Gasteiger partial charge in [0.1, 0.15) is 0 Å². The lowest BCUT2D eigenvalue weighted by Crippen LogP contribution is -2.35. The Balaban J connectivity index is 1.98. The minimum atomic E-state index is -4.28. The van der Waals surface area contributed by atoms with E-state index < -0.39 is 11.7 Å². The van der Waals surface area contributed by atoms with E-state index in [1.165, 1.54) is 12.1 Å². The van der Waals surface area contributed by atoms with Crippen LogP contribution >= 0.6 is 0 Å². The molecule has 5 heteroatoms. The first kappa shape index (κ1) is 11.8. The molecule has 1 aromatic carbocycles. The third-order valence-electron chi connectivity index (χ3n) is 3.99. The molecule has 2 aliphatic heterocycles. The molecule has 0 aliphatic carbocycles. The van der Waals surface area contributed by atoms with Gasteiger partial charge in [-0.05, 0) is 30.5 Å². The van der Waals surface area contributed by atoms with Crippen molar-refractivity contribution < 1.29 is 17.9 Å². The lowest BCUT2D eigenvalue weighted by molar-refractivity contribution is -0.137. The molecule has 1 saturated heterocycles. The molecular formula is C13H14F3NO. The van der Waals surface area contributed by atoms with Crippen LogP contribution < -0.4 is 5.32 Å². The Bertz CT molecular complexity index is 464. The Morgan fingerprint density at radius 2 is 1.89 bits per heavy atom. The van der Waals surface area contributed by atoms with E-state index in [9.17, 15) is 13.2 Å². The molecular weight excluding hydrogens is 243 g/mol. The highest BCUT2D eigenvalue weighted by molar-refractivity contribution is 5.62. The summed E-state index contributed by atoms with van der Waals surface area (Å²) in [6, 6.07) is 4.03. The summed E-state index contributed by atoms with van der Waals surface area (Å²) in [5.41, 5.74) is 1.03. The van der Waals surface area contributed by atoms with Crippen LogP contribution in [0.15, 0.2) is 18.2 Å². The fraction of sp³-hybridized carbons (Fsp3) is 0.538. The SMILES string of the molecule is FC(F)(F)c1ccc2c(c1)NCC21CCOCC1. The molecule has 0 radical (unpaired) electrons. The van der Waals surface area contributed by atoms with Gasteiger partial charge in [-0.3, -0.25) is 0 Å². The van der Waals surface area contributed by atoms with Gasteiger partial charge in [-0.15, -0.1) is 0 Å². The zero-order valence-corrected chi connectivity index (χ0v) is 9.81. The molecule has 2 heterocycles. The number of rotatable bonds is 0. The first-order chi connectivity index (χ1) is 8.51. The highest BCUT2D eigenvalue weighted by atomic mass is 19.4. The molecule has 0 bridgehead atoms. The van der Waals surface area contributed by atoms with Gasteiger partial charge < -0.3 is 10.1 Å². The summed E-state index contributed by atoms with van der Waals surface area (Å²) in [7, 11) is 0. The molecule has 0 atom stereocenters. The topological polar surface area (TPSA) is 21.3 Å². The third kappa shape index (κ3) is 1.77. The second kappa shape index (κ2) is 3.88. The normalized spacial score (nSPS) is 21.7. The van der Waals surface area contributed by atoms with Crippen LogP contribution in [0.1, 0.15) is 24.0 Å². The largest absolute Gasteiger partial charge is 0.416 e. The van der Waals surface area contributed by atoms with Gasteiger partial charge in [-0.25, -0.2) is 0 Å². The average Bonchev–Trinajstić information content (AvgIpc) is 2.68. The summed E-state index contributed by atoms with van der Waals surface area (Å²) in [6.07, 6.45) is -2.53. The summed E-state index contributed by atoms with van der Waals surface area (Å²) >= 11 is 0. The van der Waals surface area contributed by atoms with E-state index >= 15 is 0 Å². The van der Waals surface area contributed by atoms with E-state index in [2.05, 4.69) is 5.32 Å². The third-order valence-corrected chi connectivity index (χ3v) is 3.99. The molecule has 2 nitrogen and oxygen atoms in total. The average molecular weight is 257 g/mol. The second-order valence-corrected chi connectivity index (χ2v) is 5.00. The van der Waals surface area contributed by atoms with E-state index in [0.717, 1.165) is 18.4 Å². The monoisotopic (exact) mass is 257 g/mol. The van der Waals surface area contributed by atoms with Gasteiger partial charge >= 0.3 is 6.18 Å². The van der Waals surface area contributed by atoms with Crippen molar-refractivity contribution in [1.29, 1.82) is 0 Å². The molecule has 1 N–H and O–H groups in total. The molecule has 0 aromatic heterocycles. The Morgan fingerprint density at radius 1 is 1.17 bits per heavy atom. The van der Waals surface area contributed by atoms with Crippen molar-refractivity contribution in [1.82, 2.24) is 0 Å². The number of alkyl halides is 3. The summed E-state index contributed by atoms with van der Waals surface area (Å²) in [4.78, 5) is 0. The summed E-state index contributed by atoms with van der Waals surface area (Å²) in [5.74, 6) is 0. The zero-order chi connectivity index (χ0) is 12.8. The van der Waals surface area contributed by atoms with Crippen LogP contribution in [0.5, 0.6) is 0 Å². The molecule has 1 fully saturated rings. The minimum Gasteiger partial charge on any atom is -0.384 e. The summed E-state index contributed by atoms with van der Waals surface area (Å²) in [5, 5.41) is 3.12. The molecule has 98 valence electrons. The van der Waals surface area contributed by atoms with Crippen LogP contribution in [0.4, 0.5) is 18.9 Å². The zero-order valence-electron chi connectivity index (χ0n) is 9.81. The van der Waals surface area contributed by atoms with Gasteiger partial charge in [-0.2, -0.15) is 13.2 Å². The molecule has 1 spiro atoms. The number of nitrogens with one attached hydrogen (secondary N) is 1. The Labute approximate surface area is 103 Å². The Morgan fingerprint density at radius 3 is 2.56 bits per heavy atom. The van der Waals surface area contributed by atoms with Crippen molar-refractivity contribution in [3.05, 3.63) is 29.3 Å². The molecule has 0 saturated carbocycles. The molecule has 0 unspecified atom stereocenters. The highest BCUT2D eigenvalue weighted by Gasteiger charge is 2.41. The van der Waals surface area contributed by atoms with Crippen LogP contribution in [0.3, 0.4) is 0 Å². The van der Waals surface area contributed by atoms with E-state index in [-0.39, 0.29) is 5.41 Å². The number of hydrogen-bond donors (Lipinski definition) is 1. The van der Waals surface area contributed by atoms with Crippen molar-refractivity contribution in [2.75, 3.05) is 25.1 Å². The standard InChI is InChI=1S/C13H14F3NO/c14-13(15,16)9-1-2-10-11(7-9)17-8-12(10)3-5-18-6-4-12/h1-2,7,17H,3-6,8H2. The predicted octanol–water partition coefficient (Wildman–Crippen LogP) is 3.18. The lowest BCUT2D eigenvalue weighted by atomic mass is 9.76. The van der Waals surface area contributed by atoms with Crippen molar-refractivity contribution in [3.8, 4) is 0 Å². The molecule has 18 heavy (non-hydrogen) atoms. The maximum Gasteiger partial charge on any atom is 0.416 e. The van der Waals surface area contributed by atoms with E-state index in [4.69, 9.17) is 4.74 Å². The summed E-state index contributed by atoms with van der Waals surface area (Å²) < 4.78 is 43.3. The van der Waals surface area contributed by atoms with Gasteiger partial charge in [0.2, 0.25) is 0 Å². The number of halogens is 3. The lowest BCUT2D eigenvalue weighted by Gasteiger charge is -2.33. The predicted molar refractivity (Wildman–Crippen MR) is 61.7 cm³/mol. The van der Waals surface area contributed by atoms with E-state index in [1.54, 1.807) is 6.07 Å². The smallest absolute Gasteiger partial charge is 0.384 e. The number of benzene rings is 1. The number of anilines is 1. The Hall–Kier alpha value is -1.23. The molecule has 0 amide bonds. The van der Waals surface area contributed by atoms with Crippen molar-refractivity contribution in [2.24, 2.45) is 0 Å². The van der Waals surface area contributed by atoms with Crippen LogP contribution in [0, 0.1) is 0 Å². The summed E-state index contributed by atoms with van der Waals surface area (Å²) in [6.45, 7) is 2.08. The van der Waals surface area contributed by atoms with Gasteiger partial charge in [-0.1, -0.05) is 6.07 Å². The van der Waals surface area contributed by atoms with E-state index in [0.29, 0.717) is 25.4 Å². The van der Waals surface area contributed by atoms with Crippen LogP contribution in [-0.4, -0.2) is 19.8 Å². The molecule has 3 rings (SSSR count). The number of hydrogen-bond acceptors (Lipinski definition) is 2. The molecule has 1 aromatic rings. The second-order valence-electron chi connectivity index (χ2n) is 5.00. The number of ether oxygens (including phenoxy) is 1. The van der Waals surface area contributed by atoms with Crippen molar-refractivity contribution in [3.63, 3.8) is 0 Å². The fourth-order valence-corrected chi connectivity index (χ4v) is 2.90. The highest BCUT2D eigenvalue weighted by Crippen LogP contribution is 2.45. The van der Waals surface area contributed by atoms with Gasteiger partial charge in [0.25, 0.3) is 0 Å². The first-order valence-corrected chi connectivity index (χ1v) is 6.05. The van der Waals surface area contributed by atoms with Crippen molar-refractivity contribution >= 4 is 5.69 Å². The van der Waals surface area contributed by atoms with Gasteiger partial charge in [0.15, 0.2) is 0 Å². The van der Waals surface area contributed by atoms with Gasteiger partial charge in [0.05, 0.1) is 5.56 Å².